The van der Waals surface area contributed by atoms with Crippen LogP contribution in [0.2, 0.25) is 0 Å². The van der Waals surface area contributed by atoms with Gasteiger partial charge in [0, 0.05) is 29.7 Å². The molecule has 3 aromatic heterocycles. The number of pyridine rings is 2. The van der Waals surface area contributed by atoms with Crippen LogP contribution in [-0.4, -0.2) is 20.2 Å². The Morgan fingerprint density at radius 1 is 0.824 bits per heavy atom. The maximum atomic E-state index is 4.40. The van der Waals surface area contributed by atoms with E-state index in [0.717, 1.165) is 22.5 Å². The van der Waals surface area contributed by atoms with Crippen LogP contribution in [0.15, 0.2) is 55.1 Å². The van der Waals surface area contributed by atoms with Crippen molar-refractivity contribution >= 4 is 0 Å². The van der Waals surface area contributed by atoms with Gasteiger partial charge in [0.05, 0.1) is 17.6 Å². The highest BCUT2D eigenvalue weighted by Gasteiger charge is 2.02. The van der Waals surface area contributed by atoms with E-state index >= 15 is 0 Å². The summed E-state index contributed by atoms with van der Waals surface area (Å²) in [7, 11) is 0. The lowest BCUT2D eigenvalue weighted by atomic mass is 10.1. The Kier molecular flexibility index (Phi) is 2.38. The molecule has 0 unspecified atom stereocenters. The Hall–Kier alpha value is -2.49. The second-order valence-corrected chi connectivity index (χ2v) is 3.63. The van der Waals surface area contributed by atoms with E-state index in [0.29, 0.717) is 0 Å². The molecule has 3 rings (SSSR count). The summed E-state index contributed by atoms with van der Waals surface area (Å²) in [5, 5.41) is 6.67. The number of hydrogen-bond acceptors (Lipinski definition) is 3. The summed E-state index contributed by atoms with van der Waals surface area (Å²) in [5.41, 5.74) is 3.83. The first-order valence-corrected chi connectivity index (χ1v) is 5.30. The monoisotopic (exact) mass is 222 g/mol. The molecule has 0 saturated heterocycles. The highest BCUT2D eigenvalue weighted by molar-refractivity contribution is 5.63. The molecule has 3 heterocycles. The lowest BCUT2D eigenvalue weighted by molar-refractivity contribution is 1.09. The summed E-state index contributed by atoms with van der Waals surface area (Å²) in [6, 6.07) is 9.81. The van der Waals surface area contributed by atoms with Crippen LogP contribution in [0, 0.1) is 0 Å². The minimum atomic E-state index is 0.901. The molecule has 0 aliphatic rings. The van der Waals surface area contributed by atoms with Crippen LogP contribution in [-0.2, 0) is 0 Å². The highest BCUT2D eigenvalue weighted by Crippen LogP contribution is 2.19. The number of H-pyrrole nitrogens is 1. The molecular weight excluding hydrogens is 212 g/mol. The number of aromatic amines is 1. The van der Waals surface area contributed by atoms with E-state index in [1.807, 2.05) is 42.7 Å². The van der Waals surface area contributed by atoms with E-state index in [2.05, 4.69) is 20.2 Å². The van der Waals surface area contributed by atoms with Gasteiger partial charge < -0.3 is 0 Å². The lowest BCUT2D eigenvalue weighted by Gasteiger charge is -2.01. The molecule has 0 bridgehead atoms. The molecule has 0 spiro atoms. The Morgan fingerprint density at radius 2 is 1.76 bits per heavy atom. The molecule has 1 N–H and O–H groups in total. The molecule has 17 heavy (non-hydrogen) atoms. The zero-order valence-corrected chi connectivity index (χ0v) is 9.04. The fourth-order valence-electron chi connectivity index (χ4n) is 1.64. The van der Waals surface area contributed by atoms with Gasteiger partial charge in [0.2, 0.25) is 0 Å². The molecule has 0 aliphatic heterocycles. The van der Waals surface area contributed by atoms with Gasteiger partial charge in [-0.1, -0.05) is 6.07 Å². The molecule has 0 aliphatic carbocycles. The zero-order valence-electron chi connectivity index (χ0n) is 9.04. The number of aromatic nitrogens is 4. The molecule has 0 radical (unpaired) electrons. The maximum Gasteiger partial charge on any atom is 0.0733 e. The third kappa shape index (κ3) is 1.92. The Labute approximate surface area is 98.4 Å². The highest BCUT2D eigenvalue weighted by atomic mass is 15.1. The number of hydrogen-bond donors (Lipinski definition) is 1. The van der Waals surface area contributed by atoms with Crippen LogP contribution in [0.4, 0.5) is 0 Å². The summed E-state index contributed by atoms with van der Waals surface area (Å²) in [5.74, 6) is 0. The van der Waals surface area contributed by atoms with Gasteiger partial charge in [-0.3, -0.25) is 15.1 Å². The second-order valence-electron chi connectivity index (χ2n) is 3.63. The van der Waals surface area contributed by atoms with Crippen LogP contribution in [0.1, 0.15) is 0 Å². The fraction of sp³-hybridized carbons (Fsp3) is 0. The Morgan fingerprint density at radius 3 is 2.41 bits per heavy atom. The Bertz CT molecular complexity index is 585. The molecule has 4 heteroatoms. The van der Waals surface area contributed by atoms with E-state index in [4.69, 9.17) is 0 Å². The smallest absolute Gasteiger partial charge is 0.0733 e. The molecule has 0 fully saturated rings. The predicted molar refractivity (Wildman–Crippen MR) is 65.0 cm³/mol. The van der Waals surface area contributed by atoms with Gasteiger partial charge in [0.15, 0.2) is 0 Å². The number of nitrogens with zero attached hydrogens (tertiary/aromatic N) is 3. The van der Waals surface area contributed by atoms with Crippen molar-refractivity contribution < 1.29 is 0 Å². The van der Waals surface area contributed by atoms with Gasteiger partial charge in [-0.15, -0.1) is 0 Å². The first-order chi connectivity index (χ1) is 8.43. The molecule has 0 amide bonds. The van der Waals surface area contributed by atoms with E-state index in [9.17, 15) is 0 Å². The first-order valence-electron chi connectivity index (χ1n) is 5.30. The largest absolute Gasteiger partial charge is 0.285 e. The van der Waals surface area contributed by atoms with Crippen molar-refractivity contribution in [2.24, 2.45) is 0 Å². The normalized spacial score (nSPS) is 10.4. The van der Waals surface area contributed by atoms with Gasteiger partial charge >= 0.3 is 0 Å². The minimum absolute atomic E-state index is 0.901. The van der Waals surface area contributed by atoms with Gasteiger partial charge in [-0.2, -0.15) is 5.10 Å². The van der Waals surface area contributed by atoms with Crippen molar-refractivity contribution in [2.75, 3.05) is 0 Å². The quantitative estimate of drug-likeness (QED) is 0.724. The number of nitrogens with one attached hydrogen (secondary N) is 1. The standard InChI is InChI=1S/C13H10N4/c1-2-6-14-12(3-1)10-4-5-13(15-7-10)11-8-16-17-9-11/h1-9H,(H,16,17). The van der Waals surface area contributed by atoms with Crippen LogP contribution >= 0.6 is 0 Å². The lowest BCUT2D eigenvalue weighted by Crippen LogP contribution is -1.85. The third-order valence-electron chi connectivity index (χ3n) is 2.52. The molecule has 0 atom stereocenters. The van der Waals surface area contributed by atoms with E-state index in [-0.39, 0.29) is 0 Å². The summed E-state index contributed by atoms with van der Waals surface area (Å²) >= 11 is 0. The SMILES string of the molecule is c1ccc(-c2ccc(-c3cn[nH]c3)nc2)nc1. The molecule has 4 nitrogen and oxygen atoms in total. The summed E-state index contributed by atoms with van der Waals surface area (Å²) in [6.45, 7) is 0. The second kappa shape index (κ2) is 4.17. The topological polar surface area (TPSA) is 54.5 Å². The van der Waals surface area contributed by atoms with E-state index in [1.165, 1.54) is 0 Å². The van der Waals surface area contributed by atoms with Crippen molar-refractivity contribution in [3.05, 3.63) is 55.1 Å². The molecular formula is C13H10N4. The van der Waals surface area contributed by atoms with Crippen molar-refractivity contribution in [2.45, 2.75) is 0 Å². The third-order valence-corrected chi connectivity index (χ3v) is 2.52. The van der Waals surface area contributed by atoms with Crippen LogP contribution in [0.25, 0.3) is 22.5 Å². The molecule has 0 aromatic carbocycles. The average molecular weight is 222 g/mol. The van der Waals surface area contributed by atoms with Crippen molar-refractivity contribution in [3.63, 3.8) is 0 Å². The molecule has 82 valence electrons. The minimum Gasteiger partial charge on any atom is -0.285 e. The van der Waals surface area contributed by atoms with Crippen LogP contribution in [0.5, 0.6) is 0 Å². The van der Waals surface area contributed by atoms with Crippen molar-refractivity contribution in [3.8, 4) is 22.5 Å². The fourth-order valence-corrected chi connectivity index (χ4v) is 1.64. The van der Waals surface area contributed by atoms with Gasteiger partial charge in [0.1, 0.15) is 0 Å². The van der Waals surface area contributed by atoms with Crippen molar-refractivity contribution in [1.82, 2.24) is 20.2 Å². The number of rotatable bonds is 2. The van der Waals surface area contributed by atoms with E-state index < -0.39 is 0 Å². The van der Waals surface area contributed by atoms with E-state index in [1.54, 1.807) is 12.4 Å². The Balaban J connectivity index is 1.96. The zero-order chi connectivity index (χ0) is 11.5. The van der Waals surface area contributed by atoms with Gasteiger partial charge in [-0.05, 0) is 24.3 Å². The summed E-state index contributed by atoms with van der Waals surface area (Å²) < 4.78 is 0. The van der Waals surface area contributed by atoms with Crippen LogP contribution < -0.4 is 0 Å². The van der Waals surface area contributed by atoms with Gasteiger partial charge in [-0.25, -0.2) is 0 Å². The molecule has 0 saturated carbocycles. The summed E-state index contributed by atoms with van der Waals surface area (Å²) in [4.78, 5) is 8.68. The first kappa shape index (κ1) is 9.72. The predicted octanol–water partition coefficient (Wildman–Crippen LogP) is 2.53. The average Bonchev–Trinajstić information content (AvgIpc) is 2.94. The summed E-state index contributed by atoms with van der Waals surface area (Å²) in [6.07, 6.45) is 7.18. The molecule has 3 aromatic rings. The van der Waals surface area contributed by atoms with Crippen LogP contribution in [0.3, 0.4) is 0 Å². The van der Waals surface area contributed by atoms with Gasteiger partial charge in [0.25, 0.3) is 0 Å². The van der Waals surface area contributed by atoms with Crippen molar-refractivity contribution in [1.29, 1.82) is 0 Å². The maximum absolute atomic E-state index is 4.40.